The molecule has 0 aliphatic heterocycles. The quantitative estimate of drug-likeness (QED) is 0.868. The van der Waals surface area contributed by atoms with Crippen LogP contribution in [0.15, 0.2) is 36.4 Å². The molecule has 0 spiro atoms. The molecule has 0 radical (unpaired) electrons. The van der Waals surface area contributed by atoms with Gasteiger partial charge >= 0.3 is 6.03 Å². The van der Waals surface area contributed by atoms with Crippen LogP contribution in [-0.4, -0.2) is 22.4 Å². The number of carbonyl (C=O) groups excluding carboxylic acids is 1. The van der Waals surface area contributed by atoms with Crippen LogP contribution >= 0.6 is 0 Å². The lowest BCUT2D eigenvalue weighted by molar-refractivity contribution is 0.240. The molecule has 2 rings (SSSR count). The van der Waals surface area contributed by atoms with Crippen LogP contribution in [0.3, 0.4) is 0 Å². The van der Waals surface area contributed by atoms with Gasteiger partial charge in [0.15, 0.2) is 0 Å². The highest BCUT2D eigenvalue weighted by molar-refractivity contribution is 5.82. The van der Waals surface area contributed by atoms with E-state index in [0.717, 1.165) is 12.0 Å². The first kappa shape index (κ1) is 12.2. The van der Waals surface area contributed by atoms with Gasteiger partial charge in [0.05, 0.1) is 5.69 Å². The van der Waals surface area contributed by atoms with Gasteiger partial charge in [-0.05, 0) is 6.42 Å². The summed E-state index contributed by atoms with van der Waals surface area (Å²) in [6.07, 6.45) is 0.878. The zero-order valence-electron chi connectivity index (χ0n) is 10.3. The average molecular weight is 244 g/mol. The summed E-state index contributed by atoms with van der Waals surface area (Å²) in [6, 6.07) is 11.0. The zero-order valence-corrected chi connectivity index (χ0v) is 10.3. The molecule has 0 unspecified atom stereocenters. The van der Waals surface area contributed by atoms with Crippen LogP contribution in [0.1, 0.15) is 13.3 Å². The van der Waals surface area contributed by atoms with Gasteiger partial charge in [-0.1, -0.05) is 37.3 Å². The van der Waals surface area contributed by atoms with E-state index in [0.29, 0.717) is 18.1 Å². The number of carbonyl (C=O) groups is 1. The Balaban J connectivity index is 2.34. The maximum Gasteiger partial charge on any atom is 0.342 e. The molecule has 2 aromatic rings. The molecule has 5 nitrogen and oxygen atoms in total. The Kier molecular flexibility index (Phi) is 3.62. The molecule has 0 saturated heterocycles. The fourth-order valence-corrected chi connectivity index (χ4v) is 1.68. The van der Waals surface area contributed by atoms with Gasteiger partial charge in [-0.25, -0.2) is 4.79 Å². The summed E-state index contributed by atoms with van der Waals surface area (Å²) < 4.78 is 1.31. The number of nitrogens with zero attached hydrogens (tertiary/aromatic N) is 2. The van der Waals surface area contributed by atoms with Gasteiger partial charge in [-0.2, -0.15) is 4.68 Å². The number of anilines is 1. The van der Waals surface area contributed by atoms with E-state index < -0.39 is 0 Å². The number of hydrogen-bond acceptors (Lipinski definition) is 3. The average Bonchev–Trinajstić information content (AvgIpc) is 2.79. The van der Waals surface area contributed by atoms with E-state index >= 15 is 0 Å². The molecule has 0 fully saturated rings. The summed E-state index contributed by atoms with van der Waals surface area (Å²) in [4.78, 5) is 11.9. The Hall–Kier alpha value is -2.30. The second kappa shape index (κ2) is 5.35. The highest BCUT2D eigenvalue weighted by Crippen LogP contribution is 2.20. The van der Waals surface area contributed by atoms with E-state index in [4.69, 9.17) is 5.73 Å². The van der Waals surface area contributed by atoms with Gasteiger partial charge in [0.25, 0.3) is 0 Å². The Morgan fingerprint density at radius 2 is 2.11 bits per heavy atom. The molecule has 1 heterocycles. The lowest BCUT2D eigenvalue weighted by Gasteiger charge is -2.07. The number of benzene rings is 1. The van der Waals surface area contributed by atoms with Gasteiger partial charge < -0.3 is 11.1 Å². The molecule has 0 aliphatic carbocycles. The highest BCUT2D eigenvalue weighted by atomic mass is 16.2. The summed E-state index contributed by atoms with van der Waals surface area (Å²) >= 11 is 0. The molecule has 94 valence electrons. The minimum Gasteiger partial charge on any atom is -0.382 e. The lowest BCUT2D eigenvalue weighted by Crippen LogP contribution is -2.30. The van der Waals surface area contributed by atoms with Gasteiger partial charge in [-0.15, -0.1) is 5.10 Å². The highest BCUT2D eigenvalue weighted by Gasteiger charge is 2.13. The van der Waals surface area contributed by atoms with Crippen molar-refractivity contribution in [1.29, 1.82) is 0 Å². The van der Waals surface area contributed by atoms with Crippen molar-refractivity contribution in [1.82, 2.24) is 15.1 Å². The van der Waals surface area contributed by atoms with Crippen LogP contribution in [0, 0.1) is 0 Å². The van der Waals surface area contributed by atoms with Gasteiger partial charge in [0.1, 0.15) is 5.82 Å². The summed E-state index contributed by atoms with van der Waals surface area (Å²) in [5.41, 5.74) is 7.28. The Labute approximate surface area is 106 Å². The van der Waals surface area contributed by atoms with Crippen molar-refractivity contribution in [3.8, 4) is 11.3 Å². The van der Waals surface area contributed by atoms with E-state index in [9.17, 15) is 4.79 Å². The summed E-state index contributed by atoms with van der Waals surface area (Å²) in [5.74, 6) is 0.334. The minimum atomic E-state index is -0.257. The predicted octanol–water partition coefficient (Wildman–Crippen LogP) is 2.10. The number of aromatic nitrogens is 2. The Morgan fingerprint density at radius 3 is 2.78 bits per heavy atom. The SMILES string of the molecule is CCCNC(=O)n1nc(N)cc1-c1ccccc1. The molecule has 1 aromatic carbocycles. The summed E-state index contributed by atoms with van der Waals surface area (Å²) in [5, 5.41) is 6.80. The van der Waals surface area contributed by atoms with Crippen LogP contribution < -0.4 is 11.1 Å². The topological polar surface area (TPSA) is 72.9 Å². The maximum atomic E-state index is 11.9. The first-order valence-corrected chi connectivity index (χ1v) is 5.91. The minimum absolute atomic E-state index is 0.257. The van der Waals surface area contributed by atoms with E-state index in [-0.39, 0.29) is 6.03 Å². The molecule has 0 aliphatic rings. The van der Waals surface area contributed by atoms with Crippen molar-refractivity contribution in [2.24, 2.45) is 0 Å². The van der Waals surface area contributed by atoms with Gasteiger partial charge in [0.2, 0.25) is 0 Å². The van der Waals surface area contributed by atoms with Crippen LogP contribution in [0.2, 0.25) is 0 Å². The normalized spacial score (nSPS) is 10.3. The molecule has 1 amide bonds. The van der Waals surface area contributed by atoms with Crippen LogP contribution in [0.25, 0.3) is 11.3 Å². The molecule has 1 aromatic heterocycles. The number of amides is 1. The lowest BCUT2D eigenvalue weighted by atomic mass is 10.1. The van der Waals surface area contributed by atoms with E-state index in [2.05, 4.69) is 10.4 Å². The smallest absolute Gasteiger partial charge is 0.342 e. The van der Waals surface area contributed by atoms with Gasteiger partial charge in [-0.3, -0.25) is 0 Å². The van der Waals surface area contributed by atoms with Crippen molar-refractivity contribution in [2.45, 2.75) is 13.3 Å². The molecule has 18 heavy (non-hydrogen) atoms. The van der Waals surface area contributed by atoms with E-state index in [1.54, 1.807) is 6.07 Å². The molecule has 0 saturated carbocycles. The van der Waals surface area contributed by atoms with Crippen molar-refractivity contribution in [2.75, 3.05) is 12.3 Å². The number of hydrogen-bond donors (Lipinski definition) is 2. The third kappa shape index (κ3) is 2.51. The fourth-order valence-electron chi connectivity index (χ4n) is 1.68. The van der Waals surface area contributed by atoms with E-state index in [1.807, 2.05) is 37.3 Å². The first-order chi connectivity index (χ1) is 8.72. The second-order valence-electron chi connectivity index (χ2n) is 3.96. The molecule has 3 N–H and O–H groups in total. The van der Waals surface area contributed by atoms with Crippen molar-refractivity contribution < 1.29 is 4.79 Å². The third-order valence-electron chi connectivity index (χ3n) is 2.52. The third-order valence-corrected chi connectivity index (χ3v) is 2.52. The maximum absolute atomic E-state index is 11.9. The van der Waals surface area contributed by atoms with Crippen molar-refractivity contribution >= 4 is 11.8 Å². The van der Waals surface area contributed by atoms with Crippen LogP contribution in [0.4, 0.5) is 10.6 Å². The van der Waals surface area contributed by atoms with Crippen LogP contribution in [0.5, 0.6) is 0 Å². The summed E-state index contributed by atoms with van der Waals surface area (Å²) in [7, 11) is 0. The standard InChI is InChI=1S/C13H16N4O/c1-2-8-15-13(18)17-11(9-12(14)16-17)10-6-4-3-5-7-10/h3-7,9H,2,8H2,1H3,(H2,14,16)(H,15,18). The van der Waals surface area contributed by atoms with Crippen molar-refractivity contribution in [3.05, 3.63) is 36.4 Å². The largest absolute Gasteiger partial charge is 0.382 e. The number of nitrogens with two attached hydrogens (primary N) is 1. The predicted molar refractivity (Wildman–Crippen MR) is 71.2 cm³/mol. The molecule has 0 atom stereocenters. The zero-order chi connectivity index (χ0) is 13.0. The fraction of sp³-hybridized carbons (Fsp3) is 0.231. The number of nitrogen functional groups attached to an aromatic ring is 1. The Bertz CT molecular complexity index is 533. The van der Waals surface area contributed by atoms with E-state index in [1.165, 1.54) is 4.68 Å². The number of rotatable bonds is 3. The monoisotopic (exact) mass is 244 g/mol. The summed E-state index contributed by atoms with van der Waals surface area (Å²) in [6.45, 7) is 2.61. The molecular formula is C13H16N4O. The van der Waals surface area contributed by atoms with Gasteiger partial charge in [0, 0.05) is 18.2 Å². The molecular weight excluding hydrogens is 228 g/mol. The molecule has 5 heteroatoms. The first-order valence-electron chi connectivity index (χ1n) is 5.91. The molecule has 0 bridgehead atoms. The Morgan fingerprint density at radius 1 is 1.39 bits per heavy atom. The number of nitrogens with one attached hydrogen (secondary N) is 1. The van der Waals surface area contributed by atoms with Crippen molar-refractivity contribution in [3.63, 3.8) is 0 Å². The van der Waals surface area contributed by atoms with Crippen LogP contribution in [-0.2, 0) is 0 Å². The second-order valence-corrected chi connectivity index (χ2v) is 3.96.